The minimum atomic E-state index is -5.20. The maximum Gasteiger partial charge on any atom is 0.428 e. The van der Waals surface area contributed by atoms with Crippen molar-refractivity contribution >= 4 is 5.91 Å². The summed E-state index contributed by atoms with van der Waals surface area (Å²) in [6, 6.07) is 8.40. The average Bonchev–Trinajstić information content (AvgIpc) is 2.42. The Morgan fingerprint density at radius 2 is 1.90 bits per heavy atom. The van der Waals surface area contributed by atoms with Gasteiger partial charge in [-0.15, -0.1) is 0 Å². The van der Waals surface area contributed by atoms with Gasteiger partial charge >= 0.3 is 6.18 Å². The number of hydrogen-bond acceptors (Lipinski definition) is 2. The Kier molecular flexibility index (Phi) is 5.94. The van der Waals surface area contributed by atoms with Gasteiger partial charge in [-0.2, -0.15) is 13.2 Å². The van der Waals surface area contributed by atoms with Crippen LogP contribution in [0.15, 0.2) is 30.3 Å². The number of carbonyl (C=O) groups excluding carboxylic acids is 1. The molecule has 7 heteroatoms. The Bertz CT molecular complexity index is 422. The number of methoxy groups -OCH3 is 1. The fourth-order valence-electron chi connectivity index (χ4n) is 1.57. The molecule has 1 atom stereocenters. The van der Waals surface area contributed by atoms with E-state index in [9.17, 15) is 22.4 Å². The minimum absolute atomic E-state index is 0.0309. The minimum Gasteiger partial charge on any atom is -0.383 e. The van der Waals surface area contributed by atoms with E-state index in [0.717, 1.165) is 4.90 Å². The first-order valence-electron chi connectivity index (χ1n) is 5.88. The van der Waals surface area contributed by atoms with Crippen LogP contribution in [0.2, 0.25) is 0 Å². The summed E-state index contributed by atoms with van der Waals surface area (Å²) in [5.41, 5.74) is 0.617. The number of rotatable bonds is 6. The number of nitrogens with zero attached hydrogens (tertiary/aromatic N) is 1. The van der Waals surface area contributed by atoms with E-state index in [-0.39, 0.29) is 19.7 Å². The standard InChI is InChI=1S/C13H15F4NO2/c1-20-8-7-18(9-10-5-3-2-4-6-10)12(19)11(14)13(15,16)17/h2-6,11H,7-9H2,1H3/t11-/m1/s1. The molecule has 0 bridgehead atoms. The lowest BCUT2D eigenvalue weighted by molar-refractivity contribution is -0.193. The van der Waals surface area contributed by atoms with Gasteiger partial charge in [-0.25, -0.2) is 4.39 Å². The first-order chi connectivity index (χ1) is 9.36. The van der Waals surface area contributed by atoms with E-state index in [1.807, 2.05) is 0 Å². The van der Waals surface area contributed by atoms with Crippen molar-refractivity contribution in [1.29, 1.82) is 0 Å². The van der Waals surface area contributed by atoms with Gasteiger partial charge in [-0.05, 0) is 5.56 Å². The number of benzene rings is 1. The van der Waals surface area contributed by atoms with Crippen molar-refractivity contribution in [3.63, 3.8) is 0 Å². The van der Waals surface area contributed by atoms with E-state index in [1.54, 1.807) is 30.3 Å². The van der Waals surface area contributed by atoms with E-state index in [0.29, 0.717) is 5.56 Å². The lowest BCUT2D eigenvalue weighted by Crippen LogP contribution is -2.44. The van der Waals surface area contributed by atoms with Crippen LogP contribution in [0.3, 0.4) is 0 Å². The Labute approximate surface area is 114 Å². The smallest absolute Gasteiger partial charge is 0.383 e. The zero-order valence-electron chi connectivity index (χ0n) is 10.9. The Morgan fingerprint density at radius 1 is 1.30 bits per heavy atom. The number of halogens is 4. The average molecular weight is 293 g/mol. The molecule has 1 amide bonds. The first kappa shape index (κ1) is 16.4. The van der Waals surface area contributed by atoms with E-state index < -0.39 is 18.3 Å². The van der Waals surface area contributed by atoms with Gasteiger partial charge in [0, 0.05) is 20.2 Å². The van der Waals surface area contributed by atoms with Crippen molar-refractivity contribution < 1.29 is 27.1 Å². The second-order valence-electron chi connectivity index (χ2n) is 4.14. The van der Waals surface area contributed by atoms with Crippen LogP contribution < -0.4 is 0 Å². The van der Waals surface area contributed by atoms with Crippen LogP contribution in [-0.2, 0) is 16.1 Å². The number of amides is 1. The zero-order chi connectivity index (χ0) is 15.2. The summed E-state index contributed by atoms with van der Waals surface area (Å²) in [4.78, 5) is 12.4. The molecule has 0 fully saturated rings. The molecule has 3 nitrogen and oxygen atoms in total. The predicted molar refractivity (Wildman–Crippen MR) is 64.7 cm³/mol. The van der Waals surface area contributed by atoms with Gasteiger partial charge in [-0.3, -0.25) is 4.79 Å². The molecule has 1 aromatic carbocycles. The molecule has 1 aromatic rings. The lowest BCUT2D eigenvalue weighted by Gasteiger charge is -2.25. The molecule has 0 aliphatic carbocycles. The topological polar surface area (TPSA) is 29.5 Å². The van der Waals surface area contributed by atoms with Gasteiger partial charge in [-0.1, -0.05) is 30.3 Å². The third-order valence-electron chi connectivity index (χ3n) is 2.60. The molecule has 0 N–H and O–H groups in total. The molecule has 0 aliphatic rings. The Balaban J connectivity index is 2.81. The first-order valence-corrected chi connectivity index (χ1v) is 5.88. The maximum absolute atomic E-state index is 13.1. The van der Waals surface area contributed by atoms with E-state index in [1.165, 1.54) is 7.11 Å². The third kappa shape index (κ3) is 4.80. The largest absolute Gasteiger partial charge is 0.428 e. The highest BCUT2D eigenvalue weighted by atomic mass is 19.4. The highest BCUT2D eigenvalue weighted by molar-refractivity contribution is 5.81. The SMILES string of the molecule is COCCN(Cc1ccccc1)C(=O)[C@@H](F)C(F)(F)F. The van der Waals surface area contributed by atoms with E-state index in [4.69, 9.17) is 4.74 Å². The monoisotopic (exact) mass is 293 g/mol. The fourth-order valence-corrected chi connectivity index (χ4v) is 1.57. The van der Waals surface area contributed by atoms with Gasteiger partial charge < -0.3 is 9.64 Å². The van der Waals surface area contributed by atoms with E-state index in [2.05, 4.69) is 0 Å². The normalized spacial score (nSPS) is 13.1. The van der Waals surface area contributed by atoms with Crippen molar-refractivity contribution in [2.24, 2.45) is 0 Å². The van der Waals surface area contributed by atoms with Crippen LogP contribution in [0, 0.1) is 0 Å². The van der Waals surface area contributed by atoms with Gasteiger partial charge in [0.1, 0.15) is 0 Å². The fraction of sp³-hybridized carbons (Fsp3) is 0.462. The van der Waals surface area contributed by atoms with Crippen LogP contribution in [0.1, 0.15) is 5.56 Å². The van der Waals surface area contributed by atoms with E-state index >= 15 is 0 Å². The van der Waals surface area contributed by atoms with Gasteiger partial charge in [0.25, 0.3) is 12.1 Å². The summed E-state index contributed by atoms with van der Waals surface area (Å²) in [6.07, 6.45) is -8.71. The summed E-state index contributed by atoms with van der Waals surface area (Å²) in [5, 5.41) is 0. The van der Waals surface area contributed by atoms with Crippen LogP contribution in [0.5, 0.6) is 0 Å². The molecule has 0 unspecified atom stereocenters. The number of carbonyl (C=O) groups is 1. The van der Waals surface area contributed by atoms with Crippen LogP contribution in [0.4, 0.5) is 17.6 Å². The molecule has 112 valence electrons. The molecule has 20 heavy (non-hydrogen) atoms. The van der Waals surface area contributed by atoms with Crippen molar-refractivity contribution in [2.75, 3.05) is 20.3 Å². The second-order valence-corrected chi connectivity index (χ2v) is 4.14. The van der Waals surface area contributed by atoms with Crippen molar-refractivity contribution in [3.05, 3.63) is 35.9 Å². The predicted octanol–water partition coefficient (Wildman–Crippen LogP) is 2.56. The quantitative estimate of drug-likeness (QED) is 0.754. The molecule has 0 aromatic heterocycles. The summed E-state index contributed by atoms with van der Waals surface area (Å²) >= 11 is 0. The lowest BCUT2D eigenvalue weighted by atomic mass is 10.2. The molecule has 0 heterocycles. The second kappa shape index (κ2) is 7.23. The molecule has 0 saturated heterocycles. The van der Waals surface area contributed by atoms with Crippen molar-refractivity contribution in [2.45, 2.75) is 18.9 Å². The number of hydrogen-bond donors (Lipinski definition) is 0. The third-order valence-corrected chi connectivity index (χ3v) is 2.60. The molecular formula is C13H15F4NO2. The maximum atomic E-state index is 13.1. The Morgan fingerprint density at radius 3 is 2.40 bits per heavy atom. The number of ether oxygens (including phenoxy) is 1. The number of alkyl halides is 4. The molecule has 0 saturated carbocycles. The van der Waals surface area contributed by atoms with Crippen LogP contribution >= 0.6 is 0 Å². The zero-order valence-corrected chi connectivity index (χ0v) is 10.9. The van der Waals surface area contributed by atoms with Crippen LogP contribution in [-0.4, -0.2) is 43.4 Å². The summed E-state index contributed by atoms with van der Waals surface area (Å²) in [6.45, 7) is -0.177. The Hall–Kier alpha value is -1.63. The van der Waals surface area contributed by atoms with Gasteiger partial charge in [0.15, 0.2) is 0 Å². The summed E-state index contributed by atoms with van der Waals surface area (Å²) in [7, 11) is 1.35. The summed E-state index contributed by atoms with van der Waals surface area (Å²) < 4.78 is 54.7. The van der Waals surface area contributed by atoms with Gasteiger partial charge in [0.2, 0.25) is 0 Å². The highest BCUT2D eigenvalue weighted by Crippen LogP contribution is 2.25. The molecule has 0 radical (unpaired) electrons. The highest BCUT2D eigenvalue weighted by Gasteiger charge is 2.47. The van der Waals surface area contributed by atoms with Crippen molar-refractivity contribution in [3.8, 4) is 0 Å². The molecular weight excluding hydrogens is 278 g/mol. The molecule has 0 aliphatic heterocycles. The molecule has 0 spiro atoms. The van der Waals surface area contributed by atoms with Crippen molar-refractivity contribution in [1.82, 2.24) is 4.90 Å². The van der Waals surface area contributed by atoms with Gasteiger partial charge in [0.05, 0.1) is 6.61 Å². The molecule has 1 rings (SSSR count). The summed E-state index contributed by atoms with van der Waals surface area (Å²) in [5.74, 6) is -1.60. The van der Waals surface area contributed by atoms with Crippen LogP contribution in [0.25, 0.3) is 0 Å².